The zero-order chi connectivity index (χ0) is 43.9. The molecule has 4 aliphatic rings. The van der Waals surface area contributed by atoms with Gasteiger partial charge >= 0.3 is 12.2 Å². The number of nitrogens with zero attached hydrogens (tertiary/aromatic N) is 4. The number of aromatic nitrogens is 4. The van der Waals surface area contributed by atoms with Crippen molar-refractivity contribution < 1.29 is 28.7 Å². The average molecular weight is 847 g/mol. The number of rotatable bonds is 11. The lowest BCUT2D eigenvalue weighted by Crippen LogP contribution is -2.51. The molecule has 0 bridgehead atoms. The molecule has 0 unspecified atom stereocenters. The maximum atomic E-state index is 14.0. The van der Waals surface area contributed by atoms with Crippen LogP contribution in [0.3, 0.4) is 0 Å². The van der Waals surface area contributed by atoms with Crippen molar-refractivity contribution in [3.05, 3.63) is 71.6 Å². The molecule has 2 aliphatic carbocycles. The van der Waals surface area contributed by atoms with Gasteiger partial charge in [-0.15, -0.1) is 0 Å². The van der Waals surface area contributed by atoms with E-state index in [-0.39, 0.29) is 47.1 Å². The van der Waals surface area contributed by atoms with Crippen LogP contribution in [0.15, 0.2) is 48.8 Å². The van der Waals surface area contributed by atoms with Gasteiger partial charge in [0.15, 0.2) is 0 Å². The van der Waals surface area contributed by atoms with E-state index in [9.17, 15) is 19.2 Å². The van der Waals surface area contributed by atoms with Crippen molar-refractivity contribution in [2.45, 2.75) is 122 Å². The smallest absolute Gasteiger partial charge is 0.407 e. The van der Waals surface area contributed by atoms with Crippen molar-refractivity contribution in [3.8, 4) is 33.6 Å². The van der Waals surface area contributed by atoms with Crippen LogP contribution in [-0.2, 0) is 30.9 Å². The van der Waals surface area contributed by atoms with Crippen molar-refractivity contribution in [1.82, 2.24) is 40.4 Å². The highest BCUT2D eigenvalue weighted by molar-refractivity contribution is 5.87. The van der Waals surface area contributed by atoms with Crippen LogP contribution in [0.1, 0.15) is 121 Å². The first-order valence-corrected chi connectivity index (χ1v) is 22.5. The third-order valence-electron chi connectivity index (χ3n) is 14.0. The topological polar surface area (TPSA) is 175 Å². The van der Waals surface area contributed by atoms with Crippen LogP contribution in [0, 0.1) is 17.8 Å². The van der Waals surface area contributed by atoms with Gasteiger partial charge in [-0.2, -0.15) is 0 Å². The second-order valence-corrected chi connectivity index (χ2v) is 18.7. The van der Waals surface area contributed by atoms with E-state index < -0.39 is 24.3 Å². The van der Waals surface area contributed by atoms with E-state index in [0.29, 0.717) is 13.1 Å². The molecule has 14 heteroatoms. The van der Waals surface area contributed by atoms with E-state index >= 15 is 0 Å². The zero-order valence-electron chi connectivity index (χ0n) is 37.2. The van der Waals surface area contributed by atoms with Crippen LogP contribution in [0.5, 0.6) is 0 Å². The quantitative estimate of drug-likeness (QED) is 0.117. The summed E-state index contributed by atoms with van der Waals surface area (Å²) in [5, 5.41) is 5.48. The number of H-pyrrole nitrogens is 2. The molecule has 2 aliphatic heterocycles. The molecule has 1 spiro atoms. The van der Waals surface area contributed by atoms with E-state index in [4.69, 9.17) is 19.4 Å². The molecule has 1 saturated carbocycles. The third kappa shape index (κ3) is 8.08. The van der Waals surface area contributed by atoms with Gasteiger partial charge in [-0.1, -0.05) is 83.9 Å². The number of likely N-dealkylation sites (tertiary alicyclic amines) is 2. The highest BCUT2D eigenvalue weighted by Gasteiger charge is 2.45. The molecular formula is C48H62N8O6. The molecule has 4 amide bonds. The lowest BCUT2D eigenvalue weighted by Gasteiger charge is -2.30. The number of hydrogen-bond donors (Lipinski definition) is 4. The van der Waals surface area contributed by atoms with Gasteiger partial charge in [0.25, 0.3) is 0 Å². The van der Waals surface area contributed by atoms with E-state index in [0.717, 1.165) is 60.7 Å². The Morgan fingerprint density at radius 2 is 1.29 bits per heavy atom. The van der Waals surface area contributed by atoms with Crippen LogP contribution in [0.25, 0.3) is 33.6 Å². The van der Waals surface area contributed by atoms with Gasteiger partial charge in [0.05, 0.1) is 50.1 Å². The maximum Gasteiger partial charge on any atom is 0.407 e. The first-order chi connectivity index (χ1) is 29.8. The lowest BCUT2D eigenvalue weighted by molar-refractivity contribution is -0.136. The Morgan fingerprint density at radius 1 is 0.726 bits per heavy atom. The fraction of sp³-hybridized carbons (Fsp3) is 0.542. The molecule has 2 aromatic heterocycles. The number of fused-ring (bicyclic) bond motifs is 2. The summed E-state index contributed by atoms with van der Waals surface area (Å²) in [5.74, 6) is 1.32. The number of hydrogen-bond acceptors (Lipinski definition) is 8. The summed E-state index contributed by atoms with van der Waals surface area (Å²) in [4.78, 5) is 72.5. The van der Waals surface area contributed by atoms with Gasteiger partial charge in [-0.3, -0.25) is 9.59 Å². The van der Waals surface area contributed by atoms with Gasteiger partial charge < -0.3 is 39.9 Å². The minimum atomic E-state index is -0.698. The Balaban J connectivity index is 1.05. The summed E-state index contributed by atoms with van der Waals surface area (Å²) in [5.41, 5.74) is 9.48. The number of carbonyl (C=O) groups is 4. The highest BCUT2D eigenvalue weighted by atomic mass is 16.5. The molecule has 4 aromatic rings. The van der Waals surface area contributed by atoms with E-state index in [1.807, 2.05) is 49.9 Å². The first kappa shape index (κ1) is 43.0. The zero-order valence-corrected chi connectivity index (χ0v) is 37.2. The summed E-state index contributed by atoms with van der Waals surface area (Å²) in [6.07, 6.45) is 11.9. The molecule has 62 heavy (non-hydrogen) atoms. The summed E-state index contributed by atoms with van der Waals surface area (Å²) >= 11 is 0. The molecule has 2 aromatic carbocycles. The van der Waals surface area contributed by atoms with Crippen molar-refractivity contribution in [1.29, 1.82) is 0 Å². The van der Waals surface area contributed by atoms with Gasteiger partial charge in [-0.25, -0.2) is 19.6 Å². The van der Waals surface area contributed by atoms with Crippen LogP contribution >= 0.6 is 0 Å². The largest absolute Gasteiger partial charge is 0.453 e. The Kier molecular flexibility index (Phi) is 12.2. The predicted octanol–water partition coefficient (Wildman–Crippen LogP) is 8.23. The fourth-order valence-electron chi connectivity index (χ4n) is 10.8. The first-order valence-electron chi connectivity index (χ1n) is 22.5. The fourth-order valence-corrected chi connectivity index (χ4v) is 10.8. The summed E-state index contributed by atoms with van der Waals surface area (Å²) in [6, 6.07) is 11.4. The number of carbonyl (C=O) groups excluding carboxylic acids is 4. The second-order valence-electron chi connectivity index (χ2n) is 18.7. The summed E-state index contributed by atoms with van der Waals surface area (Å²) in [7, 11) is 2.61. The monoisotopic (exact) mass is 846 g/mol. The van der Waals surface area contributed by atoms with Crippen LogP contribution < -0.4 is 10.6 Å². The summed E-state index contributed by atoms with van der Waals surface area (Å²) < 4.78 is 9.64. The lowest BCUT2D eigenvalue weighted by atomic mass is 9.76. The van der Waals surface area contributed by atoms with E-state index in [2.05, 4.69) is 63.9 Å². The number of alkyl carbamates (subject to hydrolysis) is 2. The number of ether oxygens (including phenoxy) is 2. The maximum absolute atomic E-state index is 14.0. The van der Waals surface area contributed by atoms with Crippen molar-refractivity contribution in [3.63, 3.8) is 0 Å². The minimum absolute atomic E-state index is 0.105. The van der Waals surface area contributed by atoms with Gasteiger partial charge in [0.2, 0.25) is 11.8 Å². The molecule has 330 valence electrons. The van der Waals surface area contributed by atoms with E-state index in [1.165, 1.54) is 67.7 Å². The minimum Gasteiger partial charge on any atom is -0.453 e. The predicted molar refractivity (Wildman–Crippen MR) is 236 cm³/mol. The number of benzene rings is 2. The number of amides is 4. The van der Waals surface area contributed by atoms with E-state index in [1.54, 1.807) is 0 Å². The van der Waals surface area contributed by atoms with Gasteiger partial charge in [0.1, 0.15) is 23.7 Å². The van der Waals surface area contributed by atoms with Crippen LogP contribution in [-0.4, -0.2) is 93.1 Å². The number of aromatic amines is 2. The van der Waals surface area contributed by atoms with Gasteiger partial charge in [-0.05, 0) is 95.9 Å². The molecule has 4 heterocycles. The Labute approximate surface area is 364 Å². The molecule has 4 N–H and O–H groups in total. The molecule has 0 radical (unpaired) electrons. The van der Waals surface area contributed by atoms with Crippen LogP contribution in [0.2, 0.25) is 0 Å². The third-order valence-corrected chi connectivity index (χ3v) is 14.0. The molecular weight excluding hydrogens is 785 g/mol. The highest BCUT2D eigenvalue weighted by Crippen LogP contribution is 2.55. The number of nitrogens with one attached hydrogen (secondary N) is 4. The Morgan fingerprint density at radius 3 is 1.92 bits per heavy atom. The van der Waals surface area contributed by atoms with Crippen molar-refractivity contribution >= 4 is 24.0 Å². The molecule has 8 rings (SSSR count). The van der Waals surface area contributed by atoms with Crippen molar-refractivity contribution in [2.24, 2.45) is 17.8 Å². The SMILES string of the molecule is COC(=O)N[C@H](C(=O)N1CCC[C@H]1c1ncc(-c2ccc(-c3ccc(-c4cnc([C@@H]5C[C@H](C)CN5C(=O)[C@@H](NC(=O)OC)C(C)C)[nH]4)c4c3C3(CCCC3)CC4)cc2)[nH]1)C(C)C. The average Bonchev–Trinajstić information content (AvgIpc) is 4.13. The normalized spacial score (nSPS) is 21.4. The number of methoxy groups -OCH3 is 2. The molecule has 5 atom stereocenters. The van der Waals surface area contributed by atoms with Crippen molar-refractivity contribution in [2.75, 3.05) is 27.3 Å². The number of imidazole rings is 2. The molecule has 3 fully saturated rings. The second kappa shape index (κ2) is 17.6. The standard InChI is InChI=1S/C48H62N8O6/c1-27(2)40(53-46(59)61-6)44(57)55-22-10-11-37(55)42-49-24-35(51-42)31-14-12-30(13-15-31)32-16-17-33(34-18-21-48(39(32)34)19-8-9-20-48)36-25-50-43(52-36)38-23-29(5)26-56(38)45(58)41(28(3)4)54-47(60)62-7/h12-17,24-25,27-29,37-38,40-41H,8-11,18-23,26H2,1-7H3,(H,49,51)(H,50,52)(H,53,59)(H,54,60)/t29-,37-,38-,40-,41-/m0/s1. The molecule has 14 nitrogen and oxygen atoms in total. The Hall–Kier alpha value is -5.66. The molecule has 2 saturated heterocycles. The summed E-state index contributed by atoms with van der Waals surface area (Å²) in [6.45, 7) is 11.0. The van der Waals surface area contributed by atoms with Gasteiger partial charge in [0, 0.05) is 18.7 Å². The Bertz CT molecular complexity index is 2290. The van der Waals surface area contributed by atoms with Crippen LogP contribution in [0.4, 0.5) is 9.59 Å².